The molecule has 5 rings (SSSR count). The standard InChI is InChI=1S/C24H27N7O2/c1-15(32)30-9-7-17(8-10-30)31-14-19(21(29-31)13-26-2)16-11-18(23(25)27-12-16)24-28-20-5-3-4-6-22(20)33-24/h3-6,11-12,14,17,26H,7-10,13H2,1-2H3,(H2,25,27). The summed E-state index contributed by atoms with van der Waals surface area (Å²) in [5.41, 5.74) is 11.2. The van der Waals surface area contributed by atoms with E-state index < -0.39 is 0 Å². The third kappa shape index (κ3) is 4.07. The van der Waals surface area contributed by atoms with Gasteiger partial charge in [0.05, 0.1) is 17.3 Å². The van der Waals surface area contributed by atoms with Gasteiger partial charge in [-0.2, -0.15) is 5.10 Å². The fourth-order valence-corrected chi connectivity index (χ4v) is 4.38. The quantitative estimate of drug-likeness (QED) is 0.484. The molecule has 3 N–H and O–H groups in total. The van der Waals surface area contributed by atoms with E-state index in [2.05, 4.69) is 21.5 Å². The molecule has 0 aliphatic carbocycles. The van der Waals surface area contributed by atoms with Crippen molar-refractivity contribution in [1.29, 1.82) is 0 Å². The molecular weight excluding hydrogens is 418 g/mol. The van der Waals surface area contributed by atoms with E-state index in [1.54, 1.807) is 13.1 Å². The van der Waals surface area contributed by atoms with Gasteiger partial charge in [0.1, 0.15) is 11.3 Å². The molecule has 1 aliphatic heterocycles. The number of aromatic nitrogens is 4. The van der Waals surface area contributed by atoms with Crippen LogP contribution < -0.4 is 11.1 Å². The van der Waals surface area contributed by atoms with Gasteiger partial charge in [0.15, 0.2) is 5.58 Å². The maximum absolute atomic E-state index is 11.7. The van der Waals surface area contributed by atoms with Crippen LogP contribution in [0.2, 0.25) is 0 Å². The van der Waals surface area contributed by atoms with Crippen molar-refractivity contribution in [1.82, 2.24) is 30.0 Å². The van der Waals surface area contributed by atoms with Crippen LogP contribution in [-0.2, 0) is 11.3 Å². The Balaban J connectivity index is 1.50. The molecule has 33 heavy (non-hydrogen) atoms. The van der Waals surface area contributed by atoms with Crippen molar-refractivity contribution in [2.75, 3.05) is 25.9 Å². The third-order valence-electron chi connectivity index (χ3n) is 6.19. The molecule has 4 aromatic rings. The highest BCUT2D eigenvalue weighted by atomic mass is 16.3. The molecule has 4 heterocycles. The highest BCUT2D eigenvalue weighted by molar-refractivity contribution is 5.81. The van der Waals surface area contributed by atoms with E-state index in [9.17, 15) is 4.79 Å². The SMILES string of the molecule is CNCc1nn(C2CCN(C(C)=O)CC2)cc1-c1cnc(N)c(-c2nc3ccccc3o2)c1. The highest BCUT2D eigenvalue weighted by Crippen LogP contribution is 2.33. The first-order valence-electron chi connectivity index (χ1n) is 11.1. The predicted molar refractivity (Wildman–Crippen MR) is 126 cm³/mol. The molecule has 9 heteroatoms. The van der Waals surface area contributed by atoms with Crippen molar-refractivity contribution < 1.29 is 9.21 Å². The molecule has 0 atom stereocenters. The summed E-state index contributed by atoms with van der Waals surface area (Å²) in [7, 11) is 1.90. The first kappa shape index (κ1) is 21.1. The lowest BCUT2D eigenvalue weighted by Gasteiger charge is -2.31. The summed E-state index contributed by atoms with van der Waals surface area (Å²) in [4.78, 5) is 22.6. The number of carbonyl (C=O) groups excluding carboxylic acids is 1. The van der Waals surface area contributed by atoms with Crippen molar-refractivity contribution in [3.8, 4) is 22.6 Å². The van der Waals surface area contributed by atoms with Gasteiger partial charge in [0.25, 0.3) is 0 Å². The number of para-hydroxylation sites is 2. The Morgan fingerprint density at radius 3 is 2.76 bits per heavy atom. The number of nitrogen functional groups attached to an aromatic ring is 1. The average Bonchev–Trinajstić information content (AvgIpc) is 3.44. The Hall–Kier alpha value is -3.72. The van der Waals surface area contributed by atoms with E-state index in [4.69, 9.17) is 15.2 Å². The first-order chi connectivity index (χ1) is 16.0. The zero-order valence-electron chi connectivity index (χ0n) is 18.8. The number of carbonyl (C=O) groups is 1. The van der Waals surface area contributed by atoms with Crippen LogP contribution in [0, 0.1) is 0 Å². The summed E-state index contributed by atoms with van der Waals surface area (Å²) in [5, 5.41) is 8.09. The Labute approximate surface area is 191 Å². The molecule has 1 saturated heterocycles. The fourth-order valence-electron chi connectivity index (χ4n) is 4.38. The van der Waals surface area contributed by atoms with Crippen LogP contribution in [0.4, 0.5) is 5.82 Å². The number of benzene rings is 1. The van der Waals surface area contributed by atoms with Crippen LogP contribution in [0.5, 0.6) is 0 Å². The molecule has 0 unspecified atom stereocenters. The van der Waals surface area contributed by atoms with Gasteiger partial charge < -0.3 is 20.4 Å². The van der Waals surface area contributed by atoms with Crippen LogP contribution in [0.3, 0.4) is 0 Å². The van der Waals surface area contributed by atoms with Gasteiger partial charge in [0, 0.05) is 50.1 Å². The molecule has 0 radical (unpaired) electrons. The van der Waals surface area contributed by atoms with Crippen molar-refractivity contribution in [3.05, 3.63) is 48.4 Å². The molecule has 1 amide bonds. The summed E-state index contributed by atoms with van der Waals surface area (Å²) in [6.45, 7) is 3.75. The number of pyridine rings is 1. The fraction of sp³-hybridized carbons (Fsp3) is 0.333. The summed E-state index contributed by atoms with van der Waals surface area (Å²) >= 11 is 0. The lowest BCUT2D eigenvalue weighted by molar-refractivity contribution is -0.130. The third-order valence-corrected chi connectivity index (χ3v) is 6.19. The Kier molecular flexibility index (Phi) is 5.55. The number of likely N-dealkylation sites (tertiary alicyclic amines) is 1. The minimum atomic E-state index is 0.130. The van der Waals surface area contributed by atoms with E-state index in [1.165, 1.54) is 0 Å². The van der Waals surface area contributed by atoms with Crippen LogP contribution in [0.25, 0.3) is 33.7 Å². The second-order valence-electron chi connectivity index (χ2n) is 8.38. The summed E-state index contributed by atoms with van der Waals surface area (Å²) in [6.07, 6.45) is 5.60. The number of fused-ring (bicyclic) bond motifs is 1. The molecule has 3 aromatic heterocycles. The lowest BCUT2D eigenvalue weighted by atomic mass is 10.0. The summed E-state index contributed by atoms with van der Waals surface area (Å²) < 4.78 is 7.97. The largest absolute Gasteiger partial charge is 0.436 e. The number of anilines is 1. The topological polar surface area (TPSA) is 115 Å². The summed E-state index contributed by atoms with van der Waals surface area (Å²) in [5.74, 6) is 0.942. The first-order valence-corrected chi connectivity index (χ1v) is 11.1. The van der Waals surface area contributed by atoms with Crippen molar-refractivity contribution >= 4 is 22.8 Å². The van der Waals surface area contributed by atoms with E-state index >= 15 is 0 Å². The second kappa shape index (κ2) is 8.67. The van der Waals surface area contributed by atoms with E-state index in [1.807, 2.05) is 47.0 Å². The van der Waals surface area contributed by atoms with Crippen molar-refractivity contribution in [2.24, 2.45) is 0 Å². The van der Waals surface area contributed by atoms with Gasteiger partial charge in [-0.3, -0.25) is 9.48 Å². The number of nitrogens with zero attached hydrogens (tertiary/aromatic N) is 5. The Morgan fingerprint density at radius 2 is 2.03 bits per heavy atom. The number of oxazole rings is 1. The minimum absolute atomic E-state index is 0.130. The number of hydrogen-bond acceptors (Lipinski definition) is 7. The molecule has 9 nitrogen and oxygen atoms in total. The van der Waals surface area contributed by atoms with Gasteiger partial charge >= 0.3 is 0 Å². The number of piperidine rings is 1. The molecular formula is C24H27N7O2. The van der Waals surface area contributed by atoms with E-state index in [0.717, 1.165) is 48.3 Å². The second-order valence-corrected chi connectivity index (χ2v) is 8.38. The van der Waals surface area contributed by atoms with Crippen molar-refractivity contribution in [3.63, 3.8) is 0 Å². The monoisotopic (exact) mass is 445 g/mol. The number of hydrogen-bond donors (Lipinski definition) is 2. The zero-order valence-corrected chi connectivity index (χ0v) is 18.8. The zero-order chi connectivity index (χ0) is 22.9. The van der Waals surface area contributed by atoms with Gasteiger partial charge in [-0.15, -0.1) is 0 Å². The molecule has 1 aliphatic rings. The maximum atomic E-state index is 11.7. The van der Waals surface area contributed by atoms with Gasteiger partial charge in [-0.05, 0) is 38.1 Å². The Morgan fingerprint density at radius 1 is 1.24 bits per heavy atom. The minimum Gasteiger partial charge on any atom is -0.436 e. The van der Waals surface area contributed by atoms with Crippen LogP contribution in [-0.4, -0.2) is 50.7 Å². The molecule has 0 spiro atoms. The lowest BCUT2D eigenvalue weighted by Crippen LogP contribution is -2.37. The smallest absolute Gasteiger partial charge is 0.231 e. The normalized spacial score (nSPS) is 14.8. The highest BCUT2D eigenvalue weighted by Gasteiger charge is 2.24. The maximum Gasteiger partial charge on any atom is 0.231 e. The van der Waals surface area contributed by atoms with Crippen LogP contribution in [0.15, 0.2) is 47.1 Å². The number of rotatable bonds is 5. The molecule has 1 fully saturated rings. The van der Waals surface area contributed by atoms with E-state index in [-0.39, 0.29) is 11.9 Å². The number of nitrogens with two attached hydrogens (primary N) is 1. The van der Waals surface area contributed by atoms with Crippen LogP contribution in [0.1, 0.15) is 31.5 Å². The Bertz CT molecular complexity index is 1270. The molecule has 0 saturated carbocycles. The predicted octanol–water partition coefficient (Wildman–Crippen LogP) is 3.24. The van der Waals surface area contributed by atoms with Crippen molar-refractivity contribution in [2.45, 2.75) is 32.4 Å². The number of nitrogens with one attached hydrogen (secondary N) is 1. The average molecular weight is 446 g/mol. The molecule has 0 bridgehead atoms. The van der Waals surface area contributed by atoms with E-state index in [0.29, 0.717) is 29.4 Å². The van der Waals surface area contributed by atoms with Gasteiger partial charge in [-0.25, -0.2) is 9.97 Å². The summed E-state index contributed by atoms with van der Waals surface area (Å²) in [6, 6.07) is 9.84. The number of amides is 1. The van der Waals surface area contributed by atoms with Gasteiger partial charge in [-0.1, -0.05) is 12.1 Å². The molecule has 1 aromatic carbocycles. The van der Waals surface area contributed by atoms with Crippen LogP contribution >= 0.6 is 0 Å². The van der Waals surface area contributed by atoms with Gasteiger partial charge in [0.2, 0.25) is 11.8 Å². The molecule has 170 valence electrons.